The van der Waals surface area contributed by atoms with E-state index < -0.39 is 17.4 Å². The Morgan fingerprint density at radius 2 is 2.07 bits per heavy atom. The molecule has 0 bridgehead atoms. The summed E-state index contributed by atoms with van der Waals surface area (Å²) in [5.41, 5.74) is 0.877. The van der Waals surface area contributed by atoms with Crippen LogP contribution in [0.4, 0.5) is 0 Å². The molecule has 0 spiro atoms. The van der Waals surface area contributed by atoms with Crippen LogP contribution in [0.3, 0.4) is 0 Å². The normalized spacial score (nSPS) is 24.9. The second-order valence-corrected chi connectivity index (χ2v) is 8.41. The Morgan fingerprint density at radius 3 is 2.71 bits per heavy atom. The number of benzene rings is 1. The number of hydrogen-bond donors (Lipinski definition) is 2. The van der Waals surface area contributed by atoms with Crippen LogP contribution in [0.2, 0.25) is 0 Å². The van der Waals surface area contributed by atoms with Crippen LogP contribution in [0.1, 0.15) is 32.3 Å². The van der Waals surface area contributed by atoms with Gasteiger partial charge in [0.15, 0.2) is 0 Å². The predicted octanol–water partition coefficient (Wildman–Crippen LogP) is 1.88. The topological polar surface area (TPSA) is 95.9 Å². The molecular formula is C20H22N2O5S. The van der Waals surface area contributed by atoms with E-state index in [9.17, 15) is 19.5 Å². The molecule has 0 aromatic heterocycles. The monoisotopic (exact) mass is 402 g/mol. The van der Waals surface area contributed by atoms with Gasteiger partial charge in [0.2, 0.25) is 5.91 Å². The standard InChI is InChI=1S/C20H22N2O5S/c1-3-27-13-7-5-4-6-12(13)20(8-9-20)19(26)21-14-16(23)22-15(18(24)25)11(2)10-28-17(14)22/h4-7,14,17H,3,8-10H2,1-2H3,(H,21,26)(H,24,25)/t14-,17-/m1/s1. The zero-order chi connectivity index (χ0) is 20.1. The molecule has 1 aromatic carbocycles. The summed E-state index contributed by atoms with van der Waals surface area (Å²) in [5, 5.41) is 11.9. The van der Waals surface area contributed by atoms with Crippen molar-refractivity contribution in [2.75, 3.05) is 12.4 Å². The molecule has 0 radical (unpaired) electrons. The van der Waals surface area contributed by atoms with Gasteiger partial charge < -0.3 is 15.2 Å². The van der Waals surface area contributed by atoms with Gasteiger partial charge in [0.05, 0.1) is 12.0 Å². The number of carbonyl (C=O) groups is 3. The van der Waals surface area contributed by atoms with Gasteiger partial charge in [0, 0.05) is 11.3 Å². The highest BCUT2D eigenvalue weighted by molar-refractivity contribution is 8.00. The Bertz CT molecular complexity index is 892. The van der Waals surface area contributed by atoms with E-state index in [0.717, 1.165) is 5.56 Å². The third-order valence-corrected chi connectivity index (χ3v) is 6.96. The van der Waals surface area contributed by atoms with Crippen molar-refractivity contribution in [2.45, 2.75) is 43.5 Å². The van der Waals surface area contributed by atoms with E-state index in [-0.39, 0.29) is 22.9 Å². The number of aliphatic carboxylic acids is 1. The summed E-state index contributed by atoms with van der Waals surface area (Å²) in [4.78, 5) is 38.5. The summed E-state index contributed by atoms with van der Waals surface area (Å²) in [6.45, 7) is 4.12. The number of carbonyl (C=O) groups excluding carboxylic acids is 2. The number of β-lactam (4-membered cyclic amide) rings is 1. The van der Waals surface area contributed by atoms with E-state index in [1.165, 1.54) is 16.7 Å². The predicted molar refractivity (Wildman–Crippen MR) is 104 cm³/mol. The van der Waals surface area contributed by atoms with Crippen molar-refractivity contribution in [3.8, 4) is 5.75 Å². The first-order valence-corrected chi connectivity index (χ1v) is 10.4. The number of nitrogens with zero attached hydrogens (tertiary/aromatic N) is 1. The number of nitrogens with one attached hydrogen (secondary N) is 1. The number of carboxylic acid groups (broad SMARTS) is 1. The molecule has 2 atom stereocenters. The molecule has 1 aromatic rings. The van der Waals surface area contributed by atoms with Crippen molar-refractivity contribution in [1.29, 1.82) is 0 Å². The Labute approximate surface area is 167 Å². The molecule has 3 aliphatic rings. The molecule has 0 unspecified atom stereocenters. The lowest BCUT2D eigenvalue weighted by molar-refractivity contribution is -0.151. The molecule has 1 saturated carbocycles. The molecule has 28 heavy (non-hydrogen) atoms. The van der Waals surface area contributed by atoms with Crippen LogP contribution in [0.5, 0.6) is 5.75 Å². The molecule has 7 nitrogen and oxygen atoms in total. The lowest BCUT2D eigenvalue weighted by Crippen LogP contribution is -2.71. The third kappa shape index (κ3) is 2.78. The Hall–Kier alpha value is -2.48. The van der Waals surface area contributed by atoms with Gasteiger partial charge in [-0.25, -0.2) is 4.79 Å². The van der Waals surface area contributed by atoms with Crippen LogP contribution in [0, 0.1) is 0 Å². The van der Waals surface area contributed by atoms with E-state index >= 15 is 0 Å². The fourth-order valence-corrected chi connectivity index (χ4v) is 5.23. The first-order chi connectivity index (χ1) is 13.4. The average molecular weight is 402 g/mol. The molecule has 2 aliphatic heterocycles. The number of thioether (sulfide) groups is 1. The lowest BCUT2D eigenvalue weighted by Gasteiger charge is -2.49. The van der Waals surface area contributed by atoms with Crippen molar-refractivity contribution in [3.63, 3.8) is 0 Å². The first-order valence-electron chi connectivity index (χ1n) is 9.31. The van der Waals surface area contributed by atoms with Crippen molar-refractivity contribution < 1.29 is 24.2 Å². The third-order valence-electron chi connectivity index (χ3n) is 5.54. The van der Waals surface area contributed by atoms with Crippen LogP contribution in [0.25, 0.3) is 0 Å². The van der Waals surface area contributed by atoms with Crippen molar-refractivity contribution in [3.05, 3.63) is 41.1 Å². The van der Waals surface area contributed by atoms with Gasteiger partial charge in [-0.2, -0.15) is 0 Å². The van der Waals surface area contributed by atoms with E-state index in [0.29, 0.717) is 36.5 Å². The van der Waals surface area contributed by atoms with Crippen LogP contribution in [-0.2, 0) is 19.8 Å². The number of para-hydroxylation sites is 1. The summed E-state index contributed by atoms with van der Waals surface area (Å²) >= 11 is 1.48. The molecule has 2 N–H and O–H groups in total. The van der Waals surface area contributed by atoms with Crippen molar-refractivity contribution >= 4 is 29.5 Å². The molecule has 1 saturated heterocycles. The maximum atomic E-state index is 13.1. The van der Waals surface area contributed by atoms with Gasteiger partial charge in [-0.3, -0.25) is 14.5 Å². The number of fused-ring (bicyclic) bond motifs is 1. The molecule has 4 rings (SSSR count). The minimum Gasteiger partial charge on any atom is -0.494 e. The van der Waals surface area contributed by atoms with Crippen LogP contribution in [-0.4, -0.2) is 51.6 Å². The quantitative estimate of drug-likeness (QED) is 0.706. The van der Waals surface area contributed by atoms with Crippen LogP contribution < -0.4 is 10.1 Å². The van der Waals surface area contributed by atoms with Gasteiger partial charge in [-0.1, -0.05) is 18.2 Å². The Kier molecular flexibility index (Phi) is 4.61. The number of amides is 2. The zero-order valence-electron chi connectivity index (χ0n) is 15.7. The number of ether oxygens (including phenoxy) is 1. The largest absolute Gasteiger partial charge is 0.494 e. The van der Waals surface area contributed by atoms with Crippen molar-refractivity contribution in [1.82, 2.24) is 10.2 Å². The molecule has 148 valence electrons. The molecule has 2 fully saturated rings. The molecule has 2 heterocycles. The molecule has 8 heteroatoms. The number of rotatable bonds is 6. The first kappa shape index (κ1) is 18.9. The fraction of sp³-hybridized carbons (Fsp3) is 0.450. The van der Waals surface area contributed by atoms with Crippen LogP contribution >= 0.6 is 11.8 Å². The maximum absolute atomic E-state index is 13.1. The second-order valence-electron chi connectivity index (χ2n) is 7.31. The lowest BCUT2D eigenvalue weighted by atomic mass is 9.92. The second kappa shape index (κ2) is 6.84. The summed E-state index contributed by atoms with van der Waals surface area (Å²) in [6.07, 6.45) is 1.40. The van der Waals surface area contributed by atoms with Gasteiger partial charge >= 0.3 is 5.97 Å². The SMILES string of the molecule is CCOc1ccccc1C1(C(=O)N[C@@H]2C(=O)N3C(C(=O)O)=C(C)CS[C@H]23)CC1. The summed E-state index contributed by atoms with van der Waals surface area (Å²) in [7, 11) is 0. The minimum atomic E-state index is -1.11. The fourth-order valence-electron chi connectivity index (χ4n) is 3.94. The van der Waals surface area contributed by atoms with Gasteiger partial charge in [-0.05, 0) is 38.3 Å². The summed E-state index contributed by atoms with van der Waals surface area (Å²) < 4.78 is 5.69. The van der Waals surface area contributed by atoms with E-state index in [1.807, 2.05) is 31.2 Å². The van der Waals surface area contributed by atoms with E-state index in [1.54, 1.807) is 6.92 Å². The van der Waals surface area contributed by atoms with Crippen molar-refractivity contribution in [2.24, 2.45) is 0 Å². The van der Waals surface area contributed by atoms with E-state index in [4.69, 9.17) is 4.74 Å². The van der Waals surface area contributed by atoms with Gasteiger partial charge in [-0.15, -0.1) is 11.8 Å². The zero-order valence-corrected chi connectivity index (χ0v) is 16.5. The van der Waals surface area contributed by atoms with E-state index in [2.05, 4.69) is 5.32 Å². The Balaban J connectivity index is 1.53. The van der Waals surface area contributed by atoms with Crippen LogP contribution in [0.15, 0.2) is 35.5 Å². The summed E-state index contributed by atoms with van der Waals surface area (Å²) in [5.74, 6) is -0.443. The average Bonchev–Trinajstić information content (AvgIpc) is 3.48. The number of carboxylic acids is 1. The summed E-state index contributed by atoms with van der Waals surface area (Å²) in [6, 6.07) is 6.81. The molecule has 1 aliphatic carbocycles. The highest BCUT2D eigenvalue weighted by atomic mass is 32.2. The smallest absolute Gasteiger partial charge is 0.352 e. The minimum absolute atomic E-state index is 0.0436. The molecule has 2 amide bonds. The van der Waals surface area contributed by atoms with Gasteiger partial charge in [0.1, 0.15) is 22.9 Å². The number of hydrogen-bond acceptors (Lipinski definition) is 5. The highest BCUT2D eigenvalue weighted by Crippen LogP contribution is 2.52. The maximum Gasteiger partial charge on any atom is 0.352 e. The Morgan fingerprint density at radius 1 is 1.36 bits per heavy atom. The van der Waals surface area contributed by atoms with Gasteiger partial charge in [0.25, 0.3) is 5.91 Å². The highest BCUT2D eigenvalue weighted by Gasteiger charge is 2.58. The molecular weight excluding hydrogens is 380 g/mol.